The highest BCUT2D eigenvalue weighted by atomic mass is 19.1. The molecule has 0 aliphatic heterocycles. The quantitative estimate of drug-likeness (QED) is 0.608. The summed E-state index contributed by atoms with van der Waals surface area (Å²) < 4.78 is 26.4. The van der Waals surface area contributed by atoms with Crippen molar-refractivity contribution in [1.29, 1.82) is 0 Å². The van der Waals surface area contributed by atoms with E-state index in [-0.39, 0.29) is 16.9 Å². The Bertz CT molecular complexity index is 987. The van der Waals surface area contributed by atoms with Gasteiger partial charge in [0.1, 0.15) is 11.6 Å². The van der Waals surface area contributed by atoms with E-state index in [4.69, 9.17) is 0 Å². The Balaban J connectivity index is 1.83. The maximum atomic E-state index is 13.2. The molecule has 0 radical (unpaired) electrons. The van der Waals surface area contributed by atoms with Gasteiger partial charge in [-0.05, 0) is 35.4 Å². The number of urea groups is 1. The summed E-state index contributed by atoms with van der Waals surface area (Å²) in [5.41, 5.74) is 1.34. The van der Waals surface area contributed by atoms with Crippen LogP contribution in [-0.4, -0.2) is 17.1 Å². The number of anilines is 2. The second kappa shape index (κ2) is 7.65. The summed E-state index contributed by atoms with van der Waals surface area (Å²) in [6.07, 6.45) is 0. The van der Waals surface area contributed by atoms with Gasteiger partial charge in [0.05, 0.1) is 11.3 Å². The second-order valence-electron chi connectivity index (χ2n) is 5.67. The van der Waals surface area contributed by atoms with E-state index in [0.29, 0.717) is 11.6 Å². The smallest absolute Gasteiger partial charge is 0.337 e. The van der Waals surface area contributed by atoms with Crippen molar-refractivity contribution >= 4 is 23.4 Å². The second-order valence-corrected chi connectivity index (χ2v) is 5.67. The van der Waals surface area contributed by atoms with E-state index in [1.165, 1.54) is 12.1 Å². The lowest BCUT2D eigenvalue weighted by Gasteiger charge is -2.12. The van der Waals surface area contributed by atoms with Gasteiger partial charge in [-0.2, -0.15) is 0 Å². The Morgan fingerprint density at radius 1 is 0.778 bits per heavy atom. The van der Waals surface area contributed by atoms with Gasteiger partial charge in [0.2, 0.25) is 0 Å². The fraction of sp³-hybridized carbons (Fsp3) is 0. The third-order valence-electron chi connectivity index (χ3n) is 3.73. The van der Waals surface area contributed by atoms with E-state index in [1.54, 1.807) is 6.07 Å². The highest BCUT2D eigenvalue weighted by Crippen LogP contribution is 2.25. The molecule has 0 aromatic heterocycles. The van der Waals surface area contributed by atoms with Crippen molar-refractivity contribution in [2.24, 2.45) is 0 Å². The lowest BCUT2D eigenvalue weighted by molar-refractivity contribution is 0.0698. The molecule has 0 bridgehead atoms. The van der Waals surface area contributed by atoms with Crippen LogP contribution in [0.5, 0.6) is 0 Å². The summed E-state index contributed by atoms with van der Waals surface area (Å²) in [5.74, 6) is -2.91. The average molecular weight is 368 g/mol. The molecule has 0 aliphatic carbocycles. The number of amides is 2. The molecule has 2 amide bonds. The number of nitrogens with one attached hydrogen (secondary N) is 2. The molecule has 5 nitrogen and oxygen atoms in total. The number of carbonyl (C=O) groups is 2. The molecule has 0 aliphatic rings. The Morgan fingerprint density at radius 3 is 2.07 bits per heavy atom. The van der Waals surface area contributed by atoms with Crippen LogP contribution in [0.1, 0.15) is 10.4 Å². The summed E-state index contributed by atoms with van der Waals surface area (Å²) >= 11 is 0. The van der Waals surface area contributed by atoms with Crippen LogP contribution in [0.25, 0.3) is 11.1 Å². The third-order valence-corrected chi connectivity index (χ3v) is 3.73. The Labute approximate surface area is 153 Å². The molecule has 136 valence electrons. The van der Waals surface area contributed by atoms with Crippen molar-refractivity contribution in [3.05, 3.63) is 83.9 Å². The van der Waals surface area contributed by atoms with Crippen molar-refractivity contribution in [2.45, 2.75) is 0 Å². The zero-order chi connectivity index (χ0) is 19.4. The van der Waals surface area contributed by atoms with Gasteiger partial charge in [0, 0.05) is 11.8 Å². The number of hydrogen-bond acceptors (Lipinski definition) is 2. The summed E-state index contributed by atoms with van der Waals surface area (Å²) in [5, 5.41) is 14.1. The molecule has 3 aromatic carbocycles. The number of carboxylic acid groups (broad SMARTS) is 1. The van der Waals surface area contributed by atoms with E-state index >= 15 is 0 Å². The van der Waals surface area contributed by atoms with Gasteiger partial charge in [-0.1, -0.05) is 36.4 Å². The standard InChI is InChI=1S/C20H14F2N2O3/c21-14-9-15(22)11-16(10-14)23-20(27)24-18-7-6-13(8-17(18)19(25)26)12-4-2-1-3-5-12/h1-11H,(H,25,26)(H2,23,24,27). The van der Waals surface area contributed by atoms with E-state index < -0.39 is 23.6 Å². The highest BCUT2D eigenvalue weighted by molar-refractivity contribution is 6.05. The van der Waals surface area contributed by atoms with Crippen LogP contribution in [0.3, 0.4) is 0 Å². The maximum Gasteiger partial charge on any atom is 0.337 e. The maximum absolute atomic E-state index is 13.2. The van der Waals surface area contributed by atoms with Crippen molar-refractivity contribution in [3.8, 4) is 11.1 Å². The van der Waals surface area contributed by atoms with Crippen LogP contribution in [-0.2, 0) is 0 Å². The van der Waals surface area contributed by atoms with Crippen LogP contribution in [0.15, 0.2) is 66.7 Å². The molecule has 3 aromatic rings. The summed E-state index contributed by atoms with van der Waals surface area (Å²) in [7, 11) is 0. The first-order valence-corrected chi connectivity index (χ1v) is 7.89. The Hall–Kier alpha value is -3.74. The first-order valence-electron chi connectivity index (χ1n) is 7.89. The first-order chi connectivity index (χ1) is 12.9. The van der Waals surface area contributed by atoms with E-state index in [2.05, 4.69) is 10.6 Å². The highest BCUT2D eigenvalue weighted by Gasteiger charge is 2.14. The molecular formula is C20H14F2N2O3. The Kier molecular flexibility index (Phi) is 5.12. The van der Waals surface area contributed by atoms with Gasteiger partial charge in [-0.3, -0.25) is 0 Å². The fourth-order valence-electron chi connectivity index (χ4n) is 2.55. The summed E-state index contributed by atoms with van der Waals surface area (Å²) in [6.45, 7) is 0. The van der Waals surface area contributed by atoms with E-state index in [0.717, 1.165) is 17.7 Å². The number of aromatic carboxylic acids is 1. The monoisotopic (exact) mass is 368 g/mol. The number of hydrogen-bond donors (Lipinski definition) is 3. The number of carbonyl (C=O) groups excluding carboxylic acids is 1. The molecule has 0 saturated heterocycles. The van der Waals surface area contributed by atoms with Crippen LogP contribution in [0.2, 0.25) is 0 Å². The average Bonchev–Trinajstić information content (AvgIpc) is 2.61. The summed E-state index contributed by atoms with van der Waals surface area (Å²) in [6, 6.07) is 15.5. The topological polar surface area (TPSA) is 78.4 Å². The van der Waals surface area contributed by atoms with Crippen LogP contribution >= 0.6 is 0 Å². The molecular weight excluding hydrogens is 354 g/mol. The van der Waals surface area contributed by atoms with Gasteiger partial charge < -0.3 is 15.7 Å². The van der Waals surface area contributed by atoms with Gasteiger partial charge >= 0.3 is 12.0 Å². The normalized spacial score (nSPS) is 10.3. The number of benzene rings is 3. The predicted molar refractivity (Wildman–Crippen MR) is 97.8 cm³/mol. The minimum Gasteiger partial charge on any atom is -0.478 e. The van der Waals surface area contributed by atoms with Gasteiger partial charge in [-0.15, -0.1) is 0 Å². The number of carboxylic acids is 1. The number of halogens is 2. The van der Waals surface area contributed by atoms with Gasteiger partial charge in [0.15, 0.2) is 0 Å². The van der Waals surface area contributed by atoms with Gasteiger partial charge in [0.25, 0.3) is 0 Å². The van der Waals surface area contributed by atoms with Crippen molar-refractivity contribution < 1.29 is 23.5 Å². The molecule has 0 atom stereocenters. The van der Waals surface area contributed by atoms with E-state index in [9.17, 15) is 23.5 Å². The molecule has 0 spiro atoms. The minimum atomic E-state index is -1.22. The largest absolute Gasteiger partial charge is 0.478 e. The van der Waals surface area contributed by atoms with Crippen molar-refractivity contribution in [2.75, 3.05) is 10.6 Å². The fourth-order valence-corrected chi connectivity index (χ4v) is 2.55. The molecule has 3 rings (SSSR count). The minimum absolute atomic E-state index is 0.0524. The zero-order valence-electron chi connectivity index (χ0n) is 13.9. The molecule has 27 heavy (non-hydrogen) atoms. The molecule has 0 heterocycles. The molecule has 0 fully saturated rings. The third kappa shape index (κ3) is 4.46. The molecule has 7 heteroatoms. The summed E-state index contributed by atoms with van der Waals surface area (Å²) in [4.78, 5) is 23.6. The van der Waals surface area contributed by atoms with Crippen molar-refractivity contribution in [3.63, 3.8) is 0 Å². The van der Waals surface area contributed by atoms with Gasteiger partial charge in [-0.25, -0.2) is 18.4 Å². The van der Waals surface area contributed by atoms with Crippen LogP contribution in [0, 0.1) is 11.6 Å². The molecule has 0 saturated carbocycles. The number of rotatable bonds is 4. The van der Waals surface area contributed by atoms with Crippen LogP contribution in [0.4, 0.5) is 25.0 Å². The Morgan fingerprint density at radius 2 is 1.44 bits per heavy atom. The molecule has 0 unspecified atom stereocenters. The zero-order valence-corrected chi connectivity index (χ0v) is 13.9. The lowest BCUT2D eigenvalue weighted by Crippen LogP contribution is -2.21. The predicted octanol–water partition coefficient (Wildman–Crippen LogP) is 4.97. The van der Waals surface area contributed by atoms with Crippen molar-refractivity contribution in [1.82, 2.24) is 0 Å². The first kappa shape index (κ1) is 18.1. The van der Waals surface area contributed by atoms with Crippen LogP contribution < -0.4 is 10.6 Å². The lowest BCUT2D eigenvalue weighted by atomic mass is 10.0. The molecule has 3 N–H and O–H groups in total. The van der Waals surface area contributed by atoms with E-state index in [1.807, 2.05) is 30.3 Å². The SMILES string of the molecule is O=C(Nc1cc(F)cc(F)c1)Nc1ccc(-c2ccccc2)cc1C(=O)O.